The molecule has 6 heterocycles. The Morgan fingerprint density at radius 2 is 1.04 bits per heavy atom. The molecule has 2 fully saturated rings. The zero-order valence-electron chi connectivity index (χ0n) is 29.6. The summed E-state index contributed by atoms with van der Waals surface area (Å²) in [6.45, 7) is 3.84. The average molecular weight is 775 g/mol. The number of nitrogens with two attached hydrogens (primary N) is 2. The van der Waals surface area contributed by atoms with Crippen molar-refractivity contribution >= 4 is 56.6 Å². The molecule has 0 aliphatic heterocycles. The number of rotatable bonds is 6. The van der Waals surface area contributed by atoms with E-state index in [4.69, 9.17) is 11.5 Å². The van der Waals surface area contributed by atoms with Crippen LogP contribution in [-0.2, 0) is 9.59 Å². The fourth-order valence-electron chi connectivity index (χ4n) is 6.36. The normalized spacial score (nSPS) is 18.9. The Morgan fingerprint density at radius 1 is 0.643 bits per heavy atom. The SMILES string of the molecule is Cc1ccncc1-c1cc2cc(NC(=O)[C@@H]3C[C@H]3C(F)(F)F)ncc2c(N)n1.Cc1ccncc1-c1cc2cc(NC(=O)[C@H]3C[C@@H]3C(F)(F)F)ncc2c(N)n1. The van der Waals surface area contributed by atoms with Crippen molar-refractivity contribution < 1.29 is 35.9 Å². The number of hydrogen-bond acceptors (Lipinski definition) is 10. The van der Waals surface area contributed by atoms with Gasteiger partial charge in [-0.05, 0) is 85.0 Å². The van der Waals surface area contributed by atoms with Gasteiger partial charge in [-0.1, -0.05) is 0 Å². The first-order chi connectivity index (χ1) is 26.5. The molecule has 288 valence electrons. The predicted molar refractivity (Wildman–Crippen MR) is 196 cm³/mol. The maximum atomic E-state index is 12.7. The maximum Gasteiger partial charge on any atom is 0.392 e. The smallest absolute Gasteiger partial charge is 0.383 e. The van der Waals surface area contributed by atoms with Gasteiger partial charge in [0, 0.05) is 59.1 Å². The van der Waals surface area contributed by atoms with E-state index < -0.39 is 47.8 Å². The highest BCUT2D eigenvalue weighted by Crippen LogP contribution is 2.51. The molecule has 4 atom stereocenters. The van der Waals surface area contributed by atoms with E-state index in [0.717, 1.165) is 22.3 Å². The highest BCUT2D eigenvalue weighted by Gasteiger charge is 2.59. The number of hydrogen-bond donors (Lipinski definition) is 4. The first-order valence-electron chi connectivity index (χ1n) is 17.2. The van der Waals surface area contributed by atoms with Gasteiger partial charge in [0.05, 0.1) is 35.1 Å². The molecule has 0 bridgehead atoms. The van der Waals surface area contributed by atoms with Gasteiger partial charge in [0.15, 0.2) is 0 Å². The summed E-state index contributed by atoms with van der Waals surface area (Å²) in [6.07, 6.45) is 0.510. The monoisotopic (exact) mass is 774 g/mol. The molecule has 0 unspecified atom stereocenters. The van der Waals surface area contributed by atoms with Crippen LogP contribution < -0.4 is 22.1 Å². The molecule has 2 aliphatic carbocycles. The van der Waals surface area contributed by atoms with Gasteiger partial charge in [-0.3, -0.25) is 19.6 Å². The van der Waals surface area contributed by atoms with Crippen molar-refractivity contribution in [3.63, 3.8) is 0 Å². The predicted octanol–water partition coefficient (Wildman–Crippen LogP) is 7.44. The van der Waals surface area contributed by atoms with Gasteiger partial charge >= 0.3 is 12.4 Å². The number of nitrogens with zero attached hydrogens (tertiary/aromatic N) is 6. The topological polar surface area (TPSA) is 188 Å². The van der Waals surface area contributed by atoms with Crippen LogP contribution in [0.5, 0.6) is 0 Å². The number of anilines is 4. The van der Waals surface area contributed by atoms with Crippen molar-refractivity contribution in [1.82, 2.24) is 29.9 Å². The quantitative estimate of drug-likeness (QED) is 0.124. The maximum absolute atomic E-state index is 12.7. The number of nitrogen functional groups attached to an aromatic ring is 2. The molecule has 0 saturated heterocycles. The number of carbonyl (C=O) groups excluding carboxylic acids is 2. The third-order valence-electron chi connectivity index (χ3n) is 9.72. The lowest BCUT2D eigenvalue weighted by Gasteiger charge is -2.10. The van der Waals surface area contributed by atoms with Crippen LogP contribution in [0.4, 0.5) is 49.6 Å². The number of aromatic nitrogens is 6. The highest BCUT2D eigenvalue weighted by molar-refractivity contribution is 6.00. The molecule has 6 aromatic rings. The lowest BCUT2D eigenvalue weighted by atomic mass is 10.1. The Morgan fingerprint density at radius 3 is 1.38 bits per heavy atom. The first-order valence-corrected chi connectivity index (χ1v) is 17.2. The van der Waals surface area contributed by atoms with E-state index in [1.54, 1.807) is 49.1 Å². The van der Waals surface area contributed by atoms with Crippen molar-refractivity contribution in [2.24, 2.45) is 23.7 Å². The summed E-state index contributed by atoms with van der Waals surface area (Å²) >= 11 is 0. The number of halogens is 6. The standard InChI is InChI=1S/2C19H16F3N5O/c2*1-9-2-3-24-7-12(9)15-4-10-5-16(25-8-13(10)17(23)26-15)27-18(28)11-6-14(11)19(20,21)22/h2*2-5,7-8,11,14H,6H2,1H3,(H2,23,26)(H,25,27,28)/t2*11-,14-/m10/s1. The van der Waals surface area contributed by atoms with Crippen molar-refractivity contribution in [2.45, 2.75) is 39.0 Å². The fourth-order valence-corrected chi connectivity index (χ4v) is 6.36. The average Bonchev–Trinajstić information content (AvgIpc) is 4.05. The van der Waals surface area contributed by atoms with E-state index in [1.807, 2.05) is 26.0 Å². The molecule has 8 rings (SSSR count). The minimum Gasteiger partial charge on any atom is -0.383 e. The van der Waals surface area contributed by atoms with Crippen LogP contribution >= 0.6 is 0 Å². The van der Waals surface area contributed by atoms with Gasteiger partial charge in [-0.25, -0.2) is 19.9 Å². The molecule has 12 nitrogen and oxygen atoms in total. The lowest BCUT2D eigenvalue weighted by molar-refractivity contribution is -0.154. The van der Waals surface area contributed by atoms with Gasteiger partial charge in [0.25, 0.3) is 0 Å². The molecule has 0 radical (unpaired) electrons. The van der Waals surface area contributed by atoms with Crippen LogP contribution in [0.25, 0.3) is 44.1 Å². The number of alkyl halides is 6. The van der Waals surface area contributed by atoms with Crippen LogP contribution in [0.15, 0.2) is 73.6 Å². The summed E-state index contributed by atoms with van der Waals surface area (Å²) in [5.74, 6) is -5.77. The summed E-state index contributed by atoms with van der Waals surface area (Å²) in [7, 11) is 0. The minimum atomic E-state index is -4.35. The number of nitrogens with one attached hydrogen (secondary N) is 2. The minimum absolute atomic E-state index is 0.171. The highest BCUT2D eigenvalue weighted by atomic mass is 19.4. The summed E-state index contributed by atoms with van der Waals surface area (Å²) in [4.78, 5) is 49.3. The van der Waals surface area contributed by atoms with Gasteiger partial charge in [-0.2, -0.15) is 26.3 Å². The van der Waals surface area contributed by atoms with Crippen LogP contribution in [0.3, 0.4) is 0 Å². The number of fused-ring (bicyclic) bond motifs is 2. The van der Waals surface area contributed by atoms with E-state index in [2.05, 4.69) is 40.5 Å². The Bertz CT molecular complexity index is 2340. The summed E-state index contributed by atoms with van der Waals surface area (Å²) in [6, 6.07) is 10.4. The van der Waals surface area contributed by atoms with Crippen molar-refractivity contribution in [3.8, 4) is 22.5 Å². The molecule has 18 heteroatoms. The molecule has 6 N–H and O–H groups in total. The number of carbonyl (C=O) groups is 2. The second-order valence-corrected chi connectivity index (χ2v) is 13.7. The third kappa shape index (κ3) is 7.99. The first kappa shape index (κ1) is 37.8. The third-order valence-corrected chi connectivity index (χ3v) is 9.72. The number of amides is 2. The Balaban J connectivity index is 0.000000172. The van der Waals surface area contributed by atoms with E-state index in [9.17, 15) is 35.9 Å². The van der Waals surface area contributed by atoms with Gasteiger partial charge in [0.2, 0.25) is 11.8 Å². The van der Waals surface area contributed by atoms with Crippen LogP contribution in [0, 0.1) is 37.5 Å². The number of aryl methyl sites for hydroxylation is 2. The lowest BCUT2D eigenvalue weighted by Crippen LogP contribution is -2.20. The molecule has 2 amide bonds. The van der Waals surface area contributed by atoms with E-state index in [1.165, 1.54) is 12.4 Å². The molecule has 2 saturated carbocycles. The summed E-state index contributed by atoms with van der Waals surface area (Å²) in [5, 5.41) is 7.43. The van der Waals surface area contributed by atoms with Crippen molar-refractivity contribution in [3.05, 3.63) is 84.7 Å². The molecule has 6 aromatic heterocycles. The molecular formula is C38H32F6N10O2. The fraction of sp³-hybridized carbons (Fsp3) is 0.263. The van der Waals surface area contributed by atoms with Gasteiger partial charge < -0.3 is 22.1 Å². The van der Waals surface area contributed by atoms with Gasteiger partial charge in [-0.15, -0.1) is 0 Å². The molecule has 2 aliphatic rings. The van der Waals surface area contributed by atoms with Crippen molar-refractivity contribution in [1.29, 1.82) is 0 Å². The van der Waals surface area contributed by atoms with E-state index >= 15 is 0 Å². The van der Waals surface area contributed by atoms with E-state index in [0.29, 0.717) is 32.9 Å². The molecular weight excluding hydrogens is 742 g/mol. The Kier molecular flexibility index (Phi) is 9.67. The van der Waals surface area contributed by atoms with Crippen LogP contribution in [-0.4, -0.2) is 54.1 Å². The molecule has 56 heavy (non-hydrogen) atoms. The summed E-state index contributed by atoms with van der Waals surface area (Å²) < 4.78 is 76.0. The van der Waals surface area contributed by atoms with Crippen molar-refractivity contribution in [2.75, 3.05) is 22.1 Å². The van der Waals surface area contributed by atoms with Crippen LogP contribution in [0.2, 0.25) is 0 Å². The Labute approximate surface area is 314 Å². The zero-order chi connectivity index (χ0) is 40.1. The van der Waals surface area contributed by atoms with Gasteiger partial charge in [0.1, 0.15) is 23.3 Å². The van der Waals surface area contributed by atoms with E-state index in [-0.39, 0.29) is 36.1 Å². The second kappa shape index (κ2) is 14.3. The zero-order valence-corrected chi connectivity index (χ0v) is 29.6. The number of pyridine rings is 6. The Hall–Kier alpha value is -6.46. The molecule has 0 spiro atoms. The largest absolute Gasteiger partial charge is 0.392 e. The van der Waals surface area contributed by atoms with Crippen LogP contribution in [0.1, 0.15) is 24.0 Å². The molecule has 0 aromatic carbocycles. The summed E-state index contributed by atoms with van der Waals surface area (Å²) in [5.41, 5.74) is 16.8. The second-order valence-electron chi connectivity index (χ2n) is 13.7.